The number of fused-ring (bicyclic) bond motifs is 1. The molecular weight excluding hydrogens is 414 g/mol. The van der Waals surface area contributed by atoms with Crippen molar-refractivity contribution >= 4 is 39.0 Å². The minimum atomic E-state index is 0.650. The minimum Gasteiger partial charge on any atom is -0.367 e. The van der Waals surface area contributed by atoms with Gasteiger partial charge in [0.25, 0.3) is 0 Å². The molecule has 5 nitrogen and oxygen atoms in total. The molecule has 1 atom stereocenters. The van der Waals surface area contributed by atoms with E-state index in [1.165, 1.54) is 19.4 Å². The largest absolute Gasteiger partial charge is 0.367 e. The lowest BCUT2D eigenvalue weighted by Crippen LogP contribution is -2.27. The molecule has 0 bridgehead atoms. The topological polar surface area (TPSA) is 45.5 Å². The smallest absolute Gasteiger partial charge is 0.181 e. The summed E-state index contributed by atoms with van der Waals surface area (Å²) in [5.74, 6) is 0.786. The minimum absolute atomic E-state index is 0.650. The Balaban J connectivity index is 1.63. The van der Waals surface area contributed by atoms with Gasteiger partial charge in [0.2, 0.25) is 0 Å². The summed E-state index contributed by atoms with van der Waals surface area (Å²) in [5.41, 5.74) is 2.55. The van der Waals surface area contributed by atoms with Crippen LogP contribution in [0, 0.1) is 0 Å². The maximum atomic E-state index is 6.38. The predicted molar refractivity (Wildman–Crippen MR) is 110 cm³/mol. The number of nitrogens with zero attached hydrogens (tertiary/aromatic N) is 4. The van der Waals surface area contributed by atoms with Gasteiger partial charge < -0.3 is 10.2 Å². The monoisotopic (exact) mass is 433 g/mol. The molecule has 0 saturated carbocycles. The Morgan fingerprint density at radius 2 is 2.19 bits per heavy atom. The Bertz CT molecular complexity index is 925. The number of rotatable bonds is 5. The lowest BCUT2D eigenvalue weighted by Gasteiger charge is -2.19. The number of halogens is 2. The molecule has 1 fully saturated rings. The van der Waals surface area contributed by atoms with Crippen molar-refractivity contribution in [2.75, 3.05) is 25.5 Å². The molecule has 7 heteroatoms. The zero-order valence-electron chi connectivity index (χ0n) is 14.6. The third kappa shape index (κ3) is 3.46. The SMILES string of the molecule is CN1CCCC1CCNc1nc(-c2ccccc2Cl)cn2c(Br)cnc12. The van der Waals surface area contributed by atoms with Crippen LogP contribution in [0.3, 0.4) is 0 Å². The van der Waals surface area contributed by atoms with Gasteiger partial charge in [-0.1, -0.05) is 29.8 Å². The van der Waals surface area contributed by atoms with Crippen molar-refractivity contribution in [3.63, 3.8) is 0 Å². The highest BCUT2D eigenvalue weighted by molar-refractivity contribution is 9.10. The first-order valence-corrected chi connectivity index (χ1v) is 10.0. The van der Waals surface area contributed by atoms with Crippen LogP contribution < -0.4 is 5.32 Å². The third-order valence-electron chi connectivity index (χ3n) is 5.04. The summed E-state index contributed by atoms with van der Waals surface area (Å²) in [6, 6.07) is 8.41. The Morgan fingerprint density at radius 3 is 2.96 bits per heavy atom. The average Bonchev–Trinajstić information content (AvgIpc) is 3.22. The van der Waals surface area contributed by atoms with Gasteiger partial charge >= 0.3 is 0 Å². The van der Waals surface area contributed by atoms with E-state index >= 15 is 0 Å². The van der Waals surface area contributed by atoms with Crippen LogP contribution in [0.15, 0.2) is 41.3 Å². The van der Waals surface area contributed by atoms with Crippen LogP contribution in [0.2, 0.25) is 5.02 Å². The summed E-state index contributed by atoms with van der Waals surface area (Å²) < 4.78 is 2.89. The number of likely N-dealkylation sites (tertiary alicyclic amines) is 1. The van der Waals surface area contributed by atoms with Crippen LogP contribution in [0.1, 0.15) is 19.3 Å². The lowest BCUT2D eigenvalue weighted by atomic mass is 10.1. The molecule has 1 aliphatic rings. The van der Waals surface area contributed by atoms with Crippen LogP contribution >= 0.6 is 27.5 Å². The van der Waals surface area contributed by atoms with Gasteiger partial charge in [-0.3, -0.25) is 4.40 Å². The highest BCUT2D eigenvalue weighted by Gasteiger charge is 2.20. The maximum Gasteiger partial charge on any atom is 0.181 e. The first kappa shape index (κ1) is 17.8. The summed E-state index contributed by atoms with van der Waals surface area (Å²) in [4.78, 5) is 11.7. The number of nitrogens with one attached hydrogen (secondary N) is 1. The van der Waals surface area contributed by atoms with Gasteiger partial charge in [-0.05, 0) is 54.9 Å². The number of hydrogen-bond acceptors (Lipinski definition) is 4. The molecule has 136 valence electrons. The molecule has 4 rings (SSSR count). The van der Waals surface area contributed by atoms with E-state index in [-0.39, 0.29) is 0 Å². The fourth-order valence-corrected chi connectivity index (χ4v) is 4.18. The zero-order valence-corrected chi connectivity index (χ0v) is 17.0. The van der Waals surface area contributed by atoms with E-state index in [2.05, 4.69) is 38.2 Å². The Morgan fingerprint density at radius 1 is 1.35 bits per heavy atom. The van der Waals surface area contributed by atoms with E-state index in [0.29, 0.717) is 11.1 Å². The van der Waals surface area contributed by atoms with Gasteiger partial charge in [0.1, 0.15) is 4.60 Å². The standard InChI is InChI=1S/C19H21BrClN5/c1-25-10-4-5-13(25)8-9-22-18-19-23-11-17(20)26(19)12-16(24-18)14-6-2-3-7-15(14)21/h2-3,6-7,11-13H,4-5,8-10H2,1H3,(H,22,24). The average molecular weight is 435 g/mol. The quantitative estimate of drug-likeness (QED) is 0.632. The van der Waals surface area contributed by atoms with Crippen LogP contribution in [0.4, 0.5) is 5.82 Å². The van der Waals surface area contributed by atoms with Crippen molar-refractivity contribution in [2.24, 2.45) is 0 Å². The lowest BCUT2D eigenvalue weighted by molar-refractivity contribution is 0.301. The van der Waals surface area contributed by atoms with E-state index in [9.17, 15) is 0 Å². The normalized spacial score (nSPS) is 17.9. The summed E-state index contributed by atoms with van der Waals surface area (Å²) in [6.07, 6.45) is 7.42. The third-order valence-corrected chi connectivity index (χ3v) is 5.95. The van der Waals surface area contributed by atoms with Gasteiger partial charge in [0, 0.05) is 24.3 Å². The first-order valence-electron chi connectivity index (χ1n) is 8.86. The van der Waals surface area contributed by atoms with Gasteiger partial charge in [-0.25, -0.2) is 9.97 Å². The molecule has 1 aromatic carbocycles. The second-order valence-corrected chi connectivity index (χ2v) is 7.94. The van der Waals surface area contributed by atoms with E-state index < -0.39 is 0 Å². The van der Waals surface area contributed by atoms with Crippen molar-refractivity contribution in [2.45, 2.75) is 25.3 Å². The van der Waals surface area contributed by atoms with Gasteiger partial charge in [0.05, 0.1) is 16.9 Å². The summed E-state index contributed by atoms with van der Waals surface area (Å²) in [6.45, 7) is 2.07. The molecular formula is C19H21BrClN5. The van der Waals surface area contributed by atoms with E-state index in [4.69, 9.17) is 16.6 Å². The van der Waals surface area contributed by atoms with Crippen LogP contribution in [-0.2, 0) is 0 Å². The first-order chi connectivity index (χ1) is 12.6. The molecule has 3 heterocycles. The molecule has 1 N–H and O–H groups in total. The van der Waals surface area contributed by atoms with Crippen LogP contribution in [-0.4, -0.2) is 45.4 Å². The maximum absolute atomic E-state index is 6.38. The van der Waals surface area contributed by atoms with Crippen molar-refractivity contribution in [3.8, 4) is 11.3 Å². The van der Waals surface area contributed by atoms with Crippen molar-refractivity contribution < 1.29 is 0 Å². The van der Waals surface area contributed by atoms with Gasteiger partial charge in [0.15, 0.2) is 11.5 Å². The van der Waals surface area contributed by atoms with E-state index in [0.717, 1.165) is 40.3 Å². The molecule has 0 radical (unpaired) electrons. The number of benzene rings is 1. The molecule has 26 heavy (non-hydrogen) atoms. The predicted octanol–water partition coefficient (Wildman–Crippen LogP) is 4.71. The summed E-state index contributed by atoms with van der Waals surface area (Å²) in [7, 11) is 2.21. The van der Waals surface area contributed by atoms with Crippen molar-refractivity contribution in [3.05, 3.63) is 46.3 Å². The Kier molecular flexibility index (Phi) is 5.16. The van der Waals surface area contributed by atoms with Crippen molar-refractivity contribution in [1.82, 2.24) is 19.3 Å². The van der Waals surface area contributed by atoms with Crippen LogP contribution in [0.5, 0.6) is 0 Å². The number of aromatic nitrogens is 3. The second kappa shape index (κ2) is 7.55. The number of anilines is 1. The number of imidazole rings is 1. The Hall–Kier alpha value is -1.63. The van der Waals surface area contributed by atoms with Gasteiger partial charge in [-0.2, -0.15) is 0 Å². The molecule has 2 aromatic heterocycles. The fourth-order valence-electron chi connectivity index (χ4n) is 3.58. The van der Waals surface area contributed by atoms with E-state index in [1.807, 2.05) is 34.9 Å². The molecule has 0 aliphatic carbocycles. The van der Waals surface area contributed by atoms with Crippen LogP contribution in [0.25, 0.3) is 16.9 Å². The van der Waals surface area contributed by atoms with Crippen molar-refractivity contribution in [1.29, 1.82) is 0 Å². The molecule has 1 aliphatic heterocycles. The fraction of sp³-hybridized carbons (Fsp3) is 0.368. The second-order valence-electron chi connectivity index (χ2n) is 6.72. The molecule has 0 amide bonds. The highest BCUT2D eigenvalue weighted by atomic mass is 79.9. The summed E-state index contributed by atoms with van der Waals surface area (Å²) in [5, 5.41) is 4.18. The zero-order chi connectivity index (χ0) is 18.1. The highest BCUT2D eigenvalue weighted by Crippen LogP contribution is 2.29. The molecule has 1 saturated heterocycles. The molecule has 1 unspecified atom stereocenters. The van der Waals surface area contributed by atoms with E-state index in [1.54, 1.807) is 6.20 Å². The molecule has 3 aromatic rings. The summed E-state index contributed by atoms with van der Waals surface area (Å²) >= 11 is 9.94. The molecule has 0 spiro atoms. The number of hydrogen-bond donors (Lipinski definition) is 1. The van der Waals surface area contributed by atoms with Gasteiger partial charge in [-0.15, -0.1) is 0 Å². The Labute approximate surface area is 166 Å².